The second kappa shape index (κ2) is 6.76. The summed E-state index contributed by atoms with van der Waals surface area (Å²) in [5.41, 5.74) is 1.02. The van der Waals surface area contributed by atoms with Gasteiger partial charge in [-0.3, -0.25) is 10.1 Å². The molecule has 2 rings (SSSR count). The number of carbonyl (C=O) groups is 1. The van der Waals surface area contributed by atoms with E-state index in [0.717, 1.165) is 15.3 Å². The molecular formula is C14H10FIN2OS. The SMILES string of the molecule is O=C(NC(=S)Nc1ccccc1I)c1cccc(F)c1. The molecule has 2 aromatic carbocycles. The summed E-state index contributed by atoms with van der Waals surface area (Å²) >= 11 is 7.22. The van der Waals surface area contributed by atoms with Crippen LogP contribution in [-0.4, -0.2) is 11.0 Å². The Morgan fingerprint density at radius 1 is 1.15 bits per heavy atom. The van der Waals surface area contributed by atoms with Gasteiger partial charge in [-0.1, -0.05) is 18.2 Å². The molecule has 0 atom stereocenters. The van der Waals surface area contributed by atoms with E-state index in [1.54, 1.807) is 0 Å². The van der Waals surface area contributed by atoms with Crippen molar-refractivity contribution in [2.24, 2.45) is 0 Å². The van der Waals surface area contributed by atoms with Crippen LogP contribution in [0.25, 0.3) is 0 Å². The maximum absolute atomic E-state index is 13.0. The molecule has 2 aromatic rings. The third kappa shape index (κ3) is 3.97. The lowest BCUT2D eigenvalue weighted by atomic mass is 10.2. The molecule has 0 aliphatic heterocycles. The van der Waals surface area contributed by atoms with Gasteiger partial charge in [0, 0.05) is 9.13 Å². The molecule has 1 amide bonds. The third-order valence-corrected chi connectivity index (χ3v) is 3.58. The van der Waals surface area contributed by atoms with Gasteiger partial charge in [-0.2, -0.15) is 0 Å². The summed E-state index contributed by atoms with van der Waals surface area (Å²) < 4.78 is 14.0. The fraction of sp³-hybridized carbons (Fsp3) is 0. The summed E-state index contributed by atoms with van der Waals surface area (Å²) in [4.78, 5) is 11.9. The highest BCUT2D eigenvalue weighted by molar-refractivity contribution is 14.1. The largest absolute Gasteiger partial charge is 0.332 e. The quantitative estimate of drug-likeness (QED) is 0.599. The van der Waals surface area contributed by atoms with Gasteiger partial charge in [-0.25, -0.2) is 4.39 Å². The average Bonchev–Trinajstić information content (AvgIpc) is 2.41. The minimum Gasteiger partial charge on any atom is -0.332 e. The lowest BCUT2D eigenvalue weighted by Crippen LogP contribution is -2.34. The number of rotatable bonds is 2. The second-order valence-corrected chi connectivity index (χ2v) is 5.47. The first-order valence-corrected chi connectivity index (χ1v) is 7.17. The fourth-order valence-corrected chi connectivity index (χ4v) is 2.25. The van der Waals surface area contributed by atoms with Crippen LogP contribution >= 0.6 is 34.8 Å². The van der Waals surface area contributed by atoms with E-state index in [1.165, 1.54) is 18.2 Å². The standard InChI is InChI=1S/C14H10FIN2OS/c15-10-5-3-4-9(8-10)13(19)18-14(20)17-12-7-2-1-6-11(12)16/h1-8H,(H2,17,18,19,20). The second-order valence-electron chi connectivity index (χ2n) is 3.90. The Hall–Kier alpha value is -1.54. The number of halogens is 2. The highest BCUT2D eigenvalue weighted by Crippen LogP contribution is 2.16. The molecule has 0 radical (unpaired) electrons. The van der Waals surface area contributed by atoms with Crippen LogP contribution < -0.4 is 10.6 Å². The minimum atomic E-state index is -0.464. The summed E-state index contributed by atoms with van der Waals surface area (Å²) in [5, 5.41) is 5.60. The van der Waals surface area contributed by atoms with Gasteiger partial charge in [0.05, 0.1) is 5.69 Å². The zero-order valence-corrected chi connectivity index (χ0v) is 13.2. The van der Waals surface area contributed by atoms with Crippen molar-refractivity contribution in [3.63, 3.8) is 0 Å². The zero-order chi connectivity index (χ0) is 14.5. The number of para-hydroxylation sites is 1. The molecule has 0 aliphatic carbocycles. The summed E-state index contributed by atoms with van der Waals surface area (Å²) in [6.45, 7) is 0. The molecule has 0 fully saturated rings. The Morgan fingerprint density at radius 2 is 1.90 bits per heavy atom. The average molecular weight is 400 g/mol. The van der Waals surface area contributed by atoms with Crippen LogP contribution in [0.4, 0.5) is 10.1 Å². The van der Waals surface area contributed by atoms with Gasteiger partial charge in [0.2, 0.25) is 0 Å². The molecule has 0 bridgehead atoms. The predicted molar refractivity (Wildman–Crippen MR) is 89.2 cm³/mol. The van der Waals surface area contributed by atoms with Crippen molar-refractivity contribution in [2.75, 3.05) is 5.32 Å². The van der Waals surface area contributed by atoms with Crippen LogP contribution in [0.2, 0.25) is 0 Å². The van der Waals surface area contributed by atoms with Crippen molar-refractivity contribution in [2.45, 2.75) is 0 Å². The number of hydrogen-bond acceptors (Lipinski definition) is 2. The van der Waals surface area contributed by atoms with Gasteiger partial charge >= 0.3 is 0 Å². The highest BCUT2D eigenvalue weighted by Gasteiger charge is 2.09. The van der Waals surface area contributed by atoms with Crippen LogP contribution in [0.15, 0.2) is 48.5 Å². The monoisotopic (exact) mass is 400 g/mol. The number of benzene rings is 2. The third-order valence-electron chi connectivity index (χ3n) is 2.44. The predicted octanol–water partition coefficient (Wildman–Crippen LogP) is 3.56. The molecule has 0 aliphatic rings. The minimum absolute atomic E-state index is 0.170. The number of thiocarbonyl (C=S) groups is 1. The van der Waals surface area contributed by atoms with Crippen molar-refractivity contribution in [3.8, 4) is 0 Å². The van der Waals surface area contributed by atoms with Gasteiger partial charge in [-0.15, -0.1) is 0 Å². The first kappa shape index (κ1) is 14.9. The molecule has 0 saturated carbocycles. The fourth-order valence-electron chi connectivity index (χ4n) is 1.52. The van der Waals surface area contributed by atoms with E-state index in [4.69, 9.17) is 12.2 Å². The Balaban J connectivity index is 2.02. The van der Waals surface area contributed by atoms with Gasteiger partial charge in [0.25, 0.3) is 5.91 Å². The van der Waals surface area contributed by atoms with Crippen molar-refractivity contribution in [3.05, 3.63) is 63.5 Å². The summed E-state index contributed by atoms with van der Waals surface area (Å²) in [6, 6.07) is 13.0. The van der Waals surface area contributed by atoms with E-state index in [2.05, 4.69) is 33.2 Å². The highest BCUT2D eigenvalue weighted by atomic mass is 127. The van der Waals surface area contributed by atoms with Gasteiger partial charge < -0.3 is 5.32 Å². The smallest absolute Gasteiger partial charge is 0.257 e. The van der Waals surface area contributed by atoms with Crippen molar-refractivity contribution in [1.29, 1.82) is 0 Å². The Bertz CT molecular complexity index is 663. The van der Waals surface area contributed by atoms with E-state index in [0.29, 0.717) is 0 Å². The van der Waals surface area contributed by atoms with Crippen molar-refractivity contribution >= 4 is 51.5 Å². The summed E-state index contributed by atoms with van der Waals surface area (Å²) in [7, 11) is 0. The normalized spacial score (nSPS) is 9.90. The maximum Gasteiger partial charge on any atom is 0.257 e. The lowest BCUT2D eigenvalue weighted by molar-refractivity contribution is 0.0977. The first-order valence-electron chi connectivity index (χ1n) is 5.68. The van der Waals surface area contributed by atoms with Gasteiger partial charge in [-0.05, 0) is 65.1 Å². The molecule has 0 aromatic heterocycles. The molecule has 102 valence electrons. The summed E-state index contributed by atoms with van der Waals surface area (Å²) in [5.74, 6) is -0.915. The topological polar surface area (TPSA) is 41.1 Å². The number of hydrogen-bond donors (Lipinski definition) is 2. The molecule has 20 heavy (non-hydrogen) atoms. The molecule has 0 unspecified atom stereocenters. The van der Waals surface area contributed by atoms with E-state index in [9.17, 15) is 9.18 Å². The van der Waals surface area contributed by atoms with E-state index >= 15 is 0 Å². The molecule has 2 N–H and O–H groups in total. The Labute approximate surface area is 134 Å². The maximum atomic E-state index is 13.0. The molecule has 0 spiro atoms. The van der Waals surface area contributed by atoms with Crippen molar-refractivity contribution < 1.29 is 9.18 Å². The van der Waals surface area contributed by atoms with E-state index in [1.807, 2.05) is 24.3 Å². The summed E-state index contributed by atoms with van der Waals surface area (Å²) in [6.07, 6.45) is 0. The van der Waals surface area contributed by atoms with Crippen LogP contribution in [0.5, 0.6) is 0 Å². The molecule has 3 nitrogen and oxygen atoms in total. The molecule has 0 heterocycles. The molecule has 0 saturated heterocycles. The van der Waals surface area contributed by atoms with E-state index < -0.39 is 11.7 Å². The number of carbonyl (C=O) groups excluding carboxylic acids is 1. The van der Waals surface area contributed by atoms with Crippen LogP contribution in [0.1, 0.15) is 10.4 Å². The molecular weight excluding hydrogens is 390 g/mol. The van der Waals surface area contributed by atoms with Crippen LogP contribution in [0, 0.1) is 9.39 Å². The van der Waals surface area contributed by atoms with Crippen LogP contribution in [-0.2, 0) is 0 Å². The zero-order valence-electron chi connectivity index (χ0n) is 10.2. The number of nitrogens with one attached hydrogen (secondary N) is 2. The van der Waals surface area contributed by atoms with E-state index in [-0.39, 0.29) is 10.7 Å². The molecule has 6 heteroatoms. The lowest BCUT2D eigenvalue weighted by Gasteiger charge is -2.10. The number of anilines is 1. The number of amides is 1. The van der Waals surface area contributed by atoms with Gasteiger partial charge in [0.1, 0.15) is 5.82 Å². The van der Waals surface area contributed by atoms with Crippen LogP contribution in [0.3, 0.4) is 0 Å². The Kier molecular flexibility index (Phi) is 5.02. The first-order chi connectivity index (χ1) is 9.56. The Morgan fingerprint density at radius 3 is 2.60 bits per heavy atom. The van der Waals surface area contributed by atoms with Gasteiger partial charge in [0.15, 0.2) is 5.11 Å². The van der Waals surface area contributed by atoms with Crippen molar-refractivity contribution in [1.82, 2.24) is 5.32 Å².